The highest BCUT2D eigenvalue weighted by molar-refractivity contribution is 5.92. The number of carbonyl (C=O) groups is 2. The molecule has 0 aliphatic carbocycles. The molecule has 2 aromatic rings. The van der Waals surface area contributed by atoms with E-state index in [-0.39, 0.29) is 11.8 Å². The van der Waals surface area contributed by atoms with Gasteiger partial charge in [-0.2, -0.15) is 0 Å². The predicted molar refractivity (Wildman–Crippen MR) is 123 cm³/mol. The van der Waals surface area contributed by atoms with Gasteiger partial charge in [-0.3, -0.25) is 4.90 Å². The Morgan fingerprint density at radius 3 is 2.62 bits per heavy atom. The number of benzene rings is 1. The van der Waals surface area contributed by atoms with Crippen molar-refractivity contribution < 1.29 is 23.8 Å². The van der Waals surface area contributed by atoms with Crippen LogP contribution in [0.2, 0.25) is 0 Å². The van der Waals surface area contributed by atoms with E-state index in [9.17, 15) is 9.59 Å². The van der Waals surface area contributed by atoms with E-state index in [1.165, 1.54) is 7.11 Å². The fourth-order valence-electron chi connectivity index (χ4n) is 3.53. The highest BCUT2D eigenvalue weighted by Crippen LogP contribution is 2.33. The summed E-state index contributed by atoms with van der Waals surface area (Å²) < 4.78 is 16.3. The summed E-state index contributed by atoms with van der Waals surface area (Å²) in [4.78, 5) is 31.3. The fourth-order valence-corrected chi connectivity index (χ4v) is 3.53. The molecule has 1 aromatic heterocycles. The van der Waals surface area contributed by atoms with Crippen LogP contribution in [0.4, 0.5) is 10.5 Å². The summed E-state index contributed by atoms with van der Waals surface area (Å²) in [5.74, 6) is -0.144. The zero-order chi connectivity index (χ0) is 23.3. The number of amides is 1. The van der Waals surface area contributed by atoms with Crippen molar-refractivity contribution in [3.63, 3.8) is 0 Å². The second-order valence-electron chi connectivity index (χ2n) is 8.82. The second kappa shape index (κ2) is 10.0. The van der Waals surface area contributed by atoms with Crippen LogP contribution in [0.5, 0.6) is 5.75 Å². The molecular formula is C25H32N2O5. The summed E-state index contributed by atoms with van der Waals surface area (Å²) in [5, 5.41) is 0. The number of anilines is 1. The molecule has 7 heteroatoms. The molecule has 0 saturated carbocycles. The highest BCUT2D eigenvalue weighted by Gasteiger charge is 2.28. The van der Waals surface area contributed by atoms with E-state index in [1.54, 1.807) is 11.0 Å². The summed E-state index contributed by atoms with van der Waals surface area (Å²) in [6.45, 7) is 8.74. The van der Waals surface area contributed by atoms with Crippen LogP contribution in [-0.4, -0.2) is 42.9 Å². The Kier molecular flexibility index (Phi) is 7.38. The van der Waals surface area contributed by atoms with Crippen LogP contribution in [0.15, 0.2) is 30.3 Å². The lowest BCUT2D eigenvalue weighted by Crippen LogP contribution is -2.39. The molecule has 0 spiro atoms. The third-order valence-electron chi connectivity index (χ3n) is 5.11. The molecule has 0 unspecified atom stereocenters. The molecule has 1 aromatic carbocycles. The van der Waals surface area contributed by atoms with Gasteiger partial charge in [0.2, 0.25) is 0 Å². The molecule has 2 heterocycles. The average Bonchev–Trinajstić information content (AvgIpc) is 2.77. The molecule has 172 valence electrons. The number of methoxy groups -OCH3 is 1. The SMILES string of the molecule is CCCCOc1ccc(-c2ccc3c(c2)N(C(=O)OC(C)(C)C)CCC3)nc1C(=O)OC. The van der Waals surface area contributed by atoms with Crippen molar-refractivity contribution in [2.24, 2.45) is 0 Å². The van der Waals surface area contributed by atoms with Crippen LogP contribution in [0, 0.1) is 0 Å². The number of pyridine rings is 1. The summed E-state index contributed by atoms with van der Waals surface area (Å²) in [7, 11) is 1.32. The molecule has 0 bridgehead atoms. The second-order valence-corrected chi connectivity index (χ2v) is 8.82. The number of nitrogens with zero attached hydrogens (tertiary/aromatic N) is 2. The van der Waals surface area contributed by atoms with Crippen LogP contribution < -0.4 is 9.64 Å². The van der Waals surface area contributed by atoms with E-state index < -0.39 is 11.6 Å². The minimum absolute atomic E-state index is 0.142. The van der Waals surface area contributed by atoms with Gasteiger partial charge in [0, 0.05) is 12.1 Å². The third-order valence-corrected chi connectivity index (χ3v) is 5.11. The van der Waals surface area contributed by atoms with Gasteiger partial charge in [-0.15, -0.1) is 0 Å². The van der Waals surface area contributed by atoms with Gasteiger partial charge >= 0.3 is 12.1 Å². The molecule has 7 nitrogen and oxygen atoms in total. The maximum atomic E-state index is 12.8. The Labute approximate surface area is 189 Å². The van der Waals surface area contributed by atoms with E-state index in [1.807, 2.05) is 45.0 Å². The number of aryl methyl sites for hydroxylation is 1. The van der Waals surface area contributed by atoms with E-state index in [2.05, 4.69) is 11.9 Å². The molecule has 1 aliphatic rings. The molecule has 1 amide bonds. The van der Waals surface area contributed by atoms with E-state index in [4.69, 9.17) is 14.2 Å². The zero-order valence-electron chi connectivity index (χ0n) is 19.6. The number of hydrogen-bond acceptors (Lipinski definition) is 6. The van der Waals surface area contributed by atoms with Crippen molar-refractivity contribution in [2.75, 3.05) is 25.2 Å². The van der Waals surface area contributed by atoms with E-state index in [0.717, 1.165) is 42.5 Å². The number of aromatic nitrogens is 1. The number of hydrogen-bond donors (Lipinski definition) is 0. The monoisotopic (exact) mass is 440 g/mol. The van der Waals surface area contributed by atoms with Crippen LogP contribution >= 0.6 is 0 Å². The number of carbonyl (C=O) groups excluding carboxylic acids is 2. The van der Waals surface area contributed by atoms with Crippen molar-refractivity contribution in [1.29, 1.82) is 0 Å². The van der Waals surface area contributed by atoms with Crippen LogP contribution in [-0.2, 0) is 15.9 Å². The van der Waals surface area contributed by atoms with E-state index in [0.29, 0.717) is 24.6 Å². The summed E-state index contributed by atoms with van der Waals surface area (Å²) in [5.41, 5.74) is 2.86. The Morgan fingerprint density at radius 2 is 1.94 bits per heavy atom. The van der Waals surface area contributed by atoms with Crippen molar-refractivity contribution >= 4 is 17.7 Å². The first-order chi connectivity index (χ1) is 15.2. The molecule has 1 aliphatic heterocycles. The predicted octanol–water partition coefficient (Wildman–Crippen LogP) is 5.40. The number of unbranched alkanes of at least 4 members (excludes halogenated alkanes) is 1. The standard InChI is InChI=1S/C25H32N2O5/c1-6-7-15-31-21-13-12-19(26-22(21)23(28)30-5)18-11-10-17-9-8-14-27(20(17)16-18)24(29)32-25(2,3)4/h10-13,16H,6-9,14-15H2,1-5H3. The minimum Gasteiger partial charge on any atom is -0.491 e. The fraction of sp³-hybridized carbons (Fsp3) is 0.480. The molecule has 3 rings (SSSR count). The van der Waals surface area contributed by atoms with Crippen LogP contribution in [0.1, 0.15) is 63.0 Å². The van der Waals surface area contributed by atoms with Gasteiger partial charge in [-0.05, 0) is 63.8 Å². The molecule has 0 saturated heterocycles. The first-order valence-electron chi connectivity index (χ1n) is 11.1. The van der Waals surface area contributed by atoms with E-state index >= 15 is 0 Å². The topological polar surface area (TPSA) is 78.0 Å². The third kappa shape index (κ3) is 5.58. The Hall–Kier alpha value is -3.09. The molecular weight excluding hydrogens is 408 g/mol. The average molecular weight is 441 g/mol. The van der Waals surface area contributed by atoms with Gasteiger partial charge < -0.3 is 14.2 Å². The van der Waals surface area contributed by atoms with Gasteiger partial charge in [-0.1, -0.05) is 25.5 Å². The molecule has 0 fully saturated rings. The first kappa shape index (κ1) is 23.6. The maximum Gasteiger partial charge on any atom is 0.414 e. The lowest BCUT2D eigenvalue weighted by atomic mass is 9.98. The molecule has 0 atom stereocenters. The van der Waals surface area contributed by atoms with Crippen molar-refractivity contribution in [3.05, 3.63) is 41.6 Å². The minimum atomic E-state index is -0.573. The Balaban J connectivity index is 1.95. The number of fused-ring (bicyclic) bond motifs is 1. The van der Waals surface area contributed by atoms with Gasteiger partial charge in [0.15, 0.2) is 11.4 Å². The normalized spacial score (nSPS) is 13.3. The van der Waals surface area contributed by atoms with Crippen molar-refractivity contribution in [3.8, 4) is 17.0 Å². The highest BCUT2D eigenvalue weighted by atomic mass is 16.6. The quantitative estimate of drug-likeness (QED) is 0.442. The molecule has 32 heavy (non-hydrogen) atoms. The van der Waals surface area contributed by atoms with Gasteiger partial charge in [0.05, 0.1) is 25.1 Å². The maximum absolute atomic E-state index is 12.8. The lowest BCUT2D eigenvalue weighted by Gasteiger charge is -2.32. The smallest absolute Gasteiger partial charge is 0.414 e. The first-order valence-corrected chi connectivity index (χ1v) is 11.1. The number of ether oxygens (including phenoxy) is 3. The summed E-state index contributed by atoms with van der Waals surface area (Å²) in [6.07, 6.45) is 3.27. The Bertz CT molecular complexity index is 981. The van der Waals surface area contributed by atoms with Crippen molar-refractivity contribution in [2.45, 2.75) is 59.0 Å². The van der Waals surface area contributed by atoms with Gasteiger partial charge in [-0.25, -0.2) is 14.6 Å². The summed E-state index contributed by atoms with van der Waals surface area (Å²) in [6, 6.07) is 9.45. The van der Waals surface area contributed by atoms with Crippen LogP contribution in [0.3, 0.4) is 0 Å². The van der Waals surface area contributed by atoms with Crippen molar-refractivity contribution in [1.82, 2.24) is 4.98 Å². The molecule has 0 radical (unpaired) electrons. The zero-order valence-corrected chi connectivity index (χ0v) is 19.6. The summed E-state index contributed by atoms with van der Waals surface area (Å²) >= 11 is 0. The lowest BCUT2D eigenvalue weighted by molar-refractivity contribution is 0.0572. The number of rotatable bonds is 6. The van der Waals surface area contributed by atoms with Gasteiger partial charge in [0.1, 0.15) is 5.60 Å². The number of esters is 1. The van der Waals surface area contributed by atoms with Gasteiger partial charge in [0.25, 0.3) is 0 Å². The Morgan fingerprint density at radius 1 is 1.16 bits per heavy atom. The molecule has 0 N–H and O–H groups in total. The van der Waals surface area contributed by atoms with Crippen LogP contribution in [0.25, 0.3) is 11.3 Å². The largest absolute Gasteiger partial charge is 0.491 e.